The summed E-state index contributed by atoms with van der Waals surface area (Å²) in [6.07, 6.45) is 0. The van der Waals surface area contributed by atoms with Crippen LogP contribution >= 0.6 is 0 Å². The maximum atomic E-state index is 10.0. The number of hydrogen-bond donors (Lipinski definition) is 1. The lowest BCUT2D eigenvalue weighted by Crippen LogP contribution is -1.90. The summed E-state index contributed by atoms with van der Waals surface area (Å²) in [5.74, 6) is 0.159. The van der Waals surface area contributed by atoms with Crippen LogP contribution in [0.25, 0.3) is 22.3 Å². The molecule has 0 amide bonds. The molecule has 0 saturated carbocycles. The molecule has 21 heavy (non-hydrogen) atoms. The first-order valence-electron chi connectivity index (χ1n) is 6.67. The molecule has 0 aliphatic heterocycles. The van der Waals surface area contributed by atoms with E-state index in [1.165, 1.54) is 0 Å². The number of phenols is 1. The van der Waals surface area contributed by atoms with Gasteiger partial charge >= 0.3 is 0 Å². The van der Waals surface area contributed by atoms with Crippen LogP contribution in [0.5, 0.6) is 5.75 Å². The van der Waals surface area contributed by atoms with Gasteiger partial charge < -0.3 is 5.11 Å². The van der Waals surface area contributed by atoms with Crippen molar-refractivity contribution in [3.05, 3.63) is 78.4 Å². The Labute approximate surface area is 123 Å². The maximum absolute atomic E-state index is 10.0. The molecule has 0 saturated heterocycles. The van der Waals surface area contributed by atoms with Gasteiger partial charge in [0.15, 0.2) is 0 Å². The van der Waals surface area contributed by atoms with Crippen LogP contribution < -0.4 is 0 Å². The molecule has 3 aromatic rings. The van der Waals surface area contributed by atoms with Gasteiger partial charge in [0.25, 0.3) is 0 Å². The van der Waals surface area contributed by atoms with E-state index in [4.69, 9.17) is 0 Å². The molecule has 3 rings (SSSR count). The monoisotopic (exact) mass is 271 g/mol. The first kappa shape index (κ1) is 13.0. The van der Waals surface area contributed by atoms with Gasteiger partial charge in [-0.2, -0.15) is 5.26 Å². The highest BCUT2D eigenvalue weighted by molar-refractivity contribution is 5.83. The van der Waals surface area contributed by atoms with E-state index in [2.05, 4.69) is 6.07 Å². The van der Waals surface area contributed by atoms with Gasteiger partial charge in [0.05, 0.1) is 5.56 Å². The van der Waals surface area contributed by atoms with Gasteiger partial charge in [0, 0.05) is 11.1 Å². The minimum atomic E-state index is 0.159. The second-order valence-corrected chi connectivity index (χ2v) is 4.76. The highest BCUT2D eigenvalue weighted by Gasteiger charge is 2.13. The molecule has 0 bridgehead atoms. The van der Waals surface area contributed by atoms with E-state index < -0.39 is 0 Å². The minimum Gasteiger partial charge on any atom is -0.508 e. The molecule has 3 aromatic carbocycles. The smallest absolute Gasteiger partial charge is 0.116 e. The van der Waals surface area contributed by atoms with Crippen molar-refractivity contribution in [1.82, 2.24) is 0 Å². The van der Waals surface area contributed by atoms with E-state index >= 15 is 0 Å². The summed E-state index contributed by atoms with van der Waals surface area (Å²) in [6.45, 7) is 0. The topological polar surface area (TPSA) is 44.0 Å². The van der Waals surface area contributed by atoms with Gasteiger partial charge in [-0.3, -0.25) is 0 Å². The van der Waals surface area contributed by atoms with Gasteiger partial charge in [-0.25, -0.2) is 0 Å². The largest absolute Gasteiger partial charge is 0.508 e. The number of hydrogen-bond acceptors (Lipinski definition) is 2. The molecule has 0 radical (unpaired) electrons. The summed E-state index contributed by atoms with van der Waals surface area (Å²) < 4.78 is 0. The summed E-state index contributed by atoms with van der Waals surface area (Å²) in [6, 6.07) is 24.8. The molecule has 100 valence electrons. The van der Waals surface area contributed by atoms with Crippen molar-refractivity contribution >= 4 is 0 Å². The van der Waals surface area contributed by atoms with Crippen LogP contribution in [0.4, 0.5) is 0 Å². The Morgan fingerprint density at radius 3 is 1.52 bits per heavy atom. The second-order valence-electron chi connectivity index (χ2n) is 4.76. The van der Waals surface area contributed by atoms with Crippen molar-refractivity contribution in [1.29, 1.82) is 5.26 Å². The van der Waals surface area contributed by atoms with E-state index in [1.54, 1.807) is 12.1 Å². The van der Waals surface area contributed by atoms with Crippen LogP contribution in [0.1, 0.15) is 5.56 Å². The average molecular weight is 271 g/mol. The summed E-state index contributed by atoms with van der Waals surface area (Å²) in [4.78, 5) is 0. The molecule has 2 heteroatoms. The normalized spacial score (nSPS) is 10.0. The van der Waals surface area contributed by atoms with Crippen molar-refractivity contribution in [2.45, 2.75) is 0 Å². The Balaban J connectivity index is 2.29. The SMILES string of the molecule is N#Cc1c(-c2ccccc2)cc(O)cc1-c1ccccc1. The van der Waals surface area contributed by atoms with Gasteiger partial charge in [-0.1, -0.05) is 60.7 Å². The number of nitriles is 1. The number of rotatable bonds is 2. The number of benzene rings is 3. The van der Waals surface area contributed by atoms with E-state index in [0.717, 1.165) is 22.3 Å². The third-order valence-electron chi connectivity index (χ3n) is 3.40. The lowest BCUT2D eigenvalue weighted by atomic mass is 9.92. The summed E-state index contributed by atoms with van der Waals surface area (Å²) in [5, 5.41) is 19.6. The maximum Gasteiger partial charge on any atom is 0.116 e. The van der Waals surface area contributed by atoms with Crippen molar-refractivity contribution in [3.63, 3.8) is 0 Å². The third kappa shape index (κ3) is 2.50. The van der Waals surface area contributed by atoms with Crippen LogP contribution in [-0.4, -0.2) is 5.11 Å². The Bertz CT molecular complexity index is 741. The van der Waals surface area contributed by atoms with E-state index in [-0.39, 0.29) is 5.75 Å². The van der Waals surface area contributed by atoms with Crippen molar-refractivity contribution in [3.8, 4) is 34.1 Å². The molecule has 0 atom stereocenters. The number of nitrogens with zero attached hydrogens (tertiary/aromatic N) is 1. The first-order chi connectivity index (χ1) is 10.3. The predicted molar refractivity (Wildman–Crippen MR) is 83.7 cm³/mol. The lowest BCUT2D eigenvalue weighted by molar-refractivity contribution is 0.476. The Morgan fingerprint density at radius 2 is 1.14 bits per heavy atom. The summed E-state index contributed by atoms with van der Waals surface area (Å²) >= 11 is 0. The Kier molecular flexibility index (Phi) is 3.41. The molecular weight excluding hydrogens is 258 g/mol. The van der Waals surface area contributed by atoms with E-state index in [0.29, 0.717) is 5.56 Å². The highest BCUT2D eigenvalue weighted by atomic mass is 16.3. The molecular formula is C19H13NO. The summed E-state index contributed by atoms with van der Waals surface area (Å²) in [5.41, 5.74) is 3.91. The van der Waals surface area contributed by atoms with Crippen molar-refractivity contribution in [2.75, 3.05) is 0 Å². The molecule has 0 aliphatic rings. The van der Waals surface area contributed by atoms with Crippen LogP contribution in [0, 0.1) is 11.3 Å². The van der Waals surface area contributed by atoms with Gasteiger partial charge in [0.1, 0.15) is 11.8 Å². The van der Waals surface area contributed by atoms with Crippen molar-refractivity contribution < 1.29 is 5.11 Å². The Hall–Kier alpha value is -3.05. The van der Waals surface area contributed by atoms with Gasteiger partial charge in [-0.15, -0.1) is 0 Å². The molecule has 0 heterocycles. The predicted octanol–water partition coefficient (Wildman–Crippen LogP) is 4.60. The van der Waals surface area contributed by atoms with Gasteiger partial charge in [-0.05, 0) is 23.3 Å². The molecule has 0 spiro atoms. The molecule has 2 nitrogen and oxygen atoms in total. The van der Waals surface area contributed by atoms with E-state index in [1.807, 2.05) is 60.7 Å². The average Bonchev–Trinajstić information content (AvgIpc) is 2.55. The molecule has 0 fully saturated rings. The zero-order valence-electron chi connectivity index (χ0n) is 11.3. The number of phenolic OH excluding ortho intramolecular Hbond substituents is 1. The lowest BCUT2D eigenvalue weighted by Gasteiger charge is -2.11. The molecule has 0 aliphatic carbocycles. The van der Waals surface area contributed by atoms with Crippen LogP contribution in [0.15, 0.2) is 72.8 Å². The minimum absolute atomic E-state index is 0.159. The van der Waals surface area contributed by atoms with Gasteiger partial charge in [0.2, 0.25) is 0 Å². The van der Waals surface area contributed by atoms with E-state index in [9.17, 15) is 10.4 Å². The van der Waals surface area contributed by atoms with Crippen LogP contribution in [0.2, 0.25) is 0 Å². The van der Waals surface area contributed by atoms with Crippen molar-refractivity contribution in [2.24, 2.45) is 0 Å². The molecule has 0 aromatic heterocycles. The zero-order chi connectivity index (χ0) is 14.7. The standard InChI is InChI=1S/C19H13NO/c20-13-19-17(14-7-3-1-4-8-14)11-16(21)12-18(19)15-9-5-2-6-10-15/h1-12,21H. The fourth-order valence-corrected chi connectivity index (χ4v) is 2.44. The molecule has 1 N–H and O–H groups in total. The molecule has 0 unspecified atom stereocenters. The van der Waals surface area contributed by atoms with Crippen LogP contribution in [0.3, 0.4) is 0 Å². The van der Waals surface area contributed by atoms with Crippen LogP contribution in [-0.2, 0) is 0 Å². The quantitative estimate of drug-likeness (QED) is 0.740. The number of aromatic hydroxyl groups is 1. The second kappa shape index (κ2) is 5.52. The fourth-order valence-electron chi connectivity index (χ4n) is 2.44. The zero-order valence-corrected chi connectivity index (χ0v) is 11.3. The summed E-state index contributed by atoms with van der Waals surface area (Å²) in [7, 11) is 0. The Morgan fingerprint density at radius 1 is 0.714 bits per heavy atom. The first-order valence-corrected chi connectivity index (χ1v) is 6.67. The fraction of sp³-hybridized carbons (Fsp3) is 0. The highest BCUT2D eigenvalue weighted by Crippen LogP contribution is 2.35. The third-order valence-corrected chi connectivity index (χ3v) is 3.40.